The summed E-state index contributed by atoms with van der Waals surface area (Å²) in [6.45, 7) is 13.6. The van der Waals surface area contributed by atoms with Gasteiger partial charge in [-0.3, -0.25) is 14.8 Å². The number of guanidine groups is 1. The average Bonchev–Trinajstić information content (AvgIpc) is 2.75. The van der Waals surface area contributed by atoms with Crippen molar-refractivity contribution in [1.29, 1.82) is 0 Å². The van der Waals surface area contributed by atoms with E-state index in [0.717, 1.165) is 38.7 Å². The van der Waals surface area contributed by atoms with Gasteiger partial charge in [-0.25, -0.2) is 0 Å². The third-order valence-corrected chi connectivity index (χ3v) is 6.03. The molecule has 0 atom stereocenters. The van der Waals surface area contributed by atoms with E-state index < -0.39 is 0 Å². The van der Waals surface area contributed by atoms with E-state index in [0.29, 0.717) is 6.04 Å². The van der Waals surface area contributed by atoms with E-state index in [4.69, 9.17) is 0 Å². The first-order chi connectivity index (χ1) is 13.8. The summed E-state index contributed by atoms with van der Waals surface area (Å²) in [5, 5.41) is 7.14. The maximum absolute atomic E-state index is 4.43. The standard InChI is InChI=1S/C22H38N6/c1-3-26-15-17-27(18-16-26)14-11-24-22(23-2)25-21-9-12-28(13-10-21)19-20-7-5-4-6-8-20/h4-8,21H,3,9-19H2,1-2H3,(H2,23,24,25). The second kappa shape index (κ2) is 11.4. The molecule has 0 unspecified atom stereocenters. The highest BCUT2D eigenvalue weighted by atomic mass is 15.3. The van der Waals surface area contributed by atoms with Crippen molar-refractivity contribution >= 4 is 5.96 Å². The molecule has 2 saturated heterocycles. The summed E-state index contributed by atoms with van der Waals surface area (Å²) in [5.74, 6) is 0.953. The summed E-state index contributed by atoms with van der Waals surface area (Å²) in [6, 6.07) is 11.3. The molecule has 156 valence electrons. The smallest absolute Gasteiger partial charge is 0.191 e. The molecular formula is C22H38N6. The molecule has 6 heteroatoms. The molecule has 0 bridgehead atoms. The normalized spacial score (nSPS) is 21.0. The fraction of sp³-hybridized carbons (Fsp3) is 0.682. The van der Waals surface area contributed by atoms with Crippen molar-refractivity contribution in [3.63, 3.8) is 0 Å². The SMILES string of the molecule is CCN1CCN(CCNC(=NC)NC2CCN(Cc3ccccc3)CC2)CC1. The summed E-state index contributed by atoms with van der Waals surface area (Å²) in [5.41, 5.74) is 1.41. The lowest BCUT2D eigenvalue weighted by molar-refractivity contribution is 0.139. The Balaban J connectivity index is 1.31. The first-order valence-electron chi connectivity index (χ1n) is 10.9. The largest absolute Gasteiger partial charge is 0.355 e. The van der Waals surface area contributed by atoms with Gasteiger partial charge in [0.25, 0.3) is 0 Å². The van der Waals surface area contributed by atoms with Crippen LogP contribution >= 0.6 is 0 Å². The Kier molecular flexibility index (Phi) is 8.58. The van der Waals surface area contributed by atoms with Crippen molar-refractivity contribution in [2.24, 2.45) is 4.99 Å². The Labute approximate surface area is 171 Å². The van der Waals surface area contributed by atoms with Crippen molar-refractivity contribution in [1.82, 2.24) is 25.3 Å². The molecule has 0 saturated carbocycles. The van der Waals surface area contributed by atoms with Crippen LogP contribution in [-0.4, -0.2) is 92.7 Å². The summed E-state index contributed by atoms with van der Waals surface area (Å²) < 4.78 is 0. The Morgan fingerprint density at radius 3 is 2.29 bits per heavy atom. The van der Waals surface area contributed by atoms with Crippen LogP contribution in [0.3, 0.4) is 0 Å². The number of likely N-dealkylation sites (tertiary alicyclic amines) is 1. The number of nitrogens with one attached hydrogen (secondary N) is 2. The zero-order valence-electron chi connectivity index (χ0n) is 17.7. The fourth-order valence-corrected chi connectivity index (χ4v) is 4.13. The van der Waals surface area contributed by atoms with E-state index in [-0.39, 0.29) is 0 Å². The monoisotopic (exact) mass is 386 g/mol. The molecule has 0 aliphatic carbocycles. The number of nitrogens with zero attached hydrogens (tertiary/aromatic N) is 4. The van der Waals surface area contributed by atoms with E-state index in [1.54, 1.807) is 0 Å². The number of benzene rings is 1. The van der Waals surface area contributed by atoms with Crippen LogP contribution in [0.4, 0.5) is 0 Å². The second-order valence-corrected chi connectivity index (χ2v) is 7.96. The van der Waals surface area contributed by atoms with E-state index in [9.17, 15) is 0 Å². The molecule has 2 aliphatic rings. The maximum atomic E-state index is 4.43. The van der Waals surface area contributed by atoms with Gasteiger partial charge in [0.1, 0.15) is 0 Å². The molecule has 0 aromatic heterocycles. The molecule has 2 N–H and O–H groups in total. The third kappa shape index (κ3) is 6.76. The molecule has 28 heavy (non-hydrogen) atoms. The molecule has 3 rings (SSSR count). The molecule has 0 spiro atoms. The van der Waals surface area contributed by atoms with Crippen LogP contribution < -0.4 is 10.6 Å². The highest BCUT2D eigenvalue weighted by Gasteiger charge is 2.20. The fourth-order valence-electron chi connectivity index (χ4n) is 4.13. The Hall–Kier alpha value is -1.63. The van der Waals surface area contributed by atoms with Gasteiger partial charge in [0.05, 0.1) is 0 Å². The van der Waals surface area contributed by atoms with Crippen LogP contribution in [0.5, 0.6) is 0 Å². The van der Waals surface area contributed by atoms with Gasteiger partial charge in [0.2, 0.25) is 0 Å². The van der Waals surface area contributed by atoms with Crippen molar-refractivity contribution in [3.8, 4) is 0 Å². The van der Waals surface area contributed by atoms with Crippen LogP contribution in [0.1, 0.15) is 25.3 Å². The number of hydrogen-bond acceptors (Lipinski definition) is 4. The third-order valence-electron chi connectivity index (χ3n) is 6.03. The number of aliphatic imine (C=N–C) groups is 1. The number of likely N-dealkylation sites (N-methyl/N-ethyl adjacent to an activating group) is 1. The average molecular weight is 387 g/mol. The number of hydrogen-bond donors (Lipinski definition) is 2. The van der Waals surface area contributed by atoms with E-state index in [2.05, 4.69) is 67.6 Å². The van der Waals surface area contributed by atoms with E-state index in [1.165, 1.54) is 51.1 Å². The van der Waals surface area contributed by atoms with Crippen LogP contribution in [-0.2, 0) is 6.54 Å². The van der Waals surface area contributed by atoms with E-state index in [1.807, 2.05) is 7.05 Å². The Bertz CT molecular complexity index is 574. The minimum Gasteiger partial charge on any atom is -0.355 e. The van der Waals surface area contributed by atoms with Crippen LogP contribution in [0.15, 0.2) is 35.3 Å². The predicted octanol–water partition coefficient (Wildman–Crippen LogP) is 1.45. The maximum Gasteiger partial charge on any atom is 0.191 e. The Morgan fingerprint density at radius 1 is 0.964 bits per heavy atom. The van der Waals surface area contributed by atoms with Gasteiger partial charge in [-0.1, -0.05) is 37.3 Å². The van der Waals surface area contributed by atoms with Gasteiger partial charge in [-0.15, -0.1) is 0 Å². The highest BCUT2D eigenvalue weighted by Crippen LogP contribution is 2.13. The van der Waals surface area contributed by atoms with Crippen LogP contribution in [0.25, 0.3) is 0 Å². The topological polar surface area (TPSA) is 46.1 Å². The summed E-state index contributed by atoms with van der Waals surface area (Å²) in [6.07, 6.45) is 2.35. The second-order valence-electron chi connectivity index (χ2n) is 7.96. The van der Waals surface area contributed by atoms with Crippen molar-refractivity contribution in [3.05, 3.63) is 35.9 Å². The molecule has 0 amide bonds. The summed E-state index contributed by atoms with van der Waals surface area (Å²) in [7, 11) is 1.87. The molecule has 2 aliphatic heterocycles. The van der Waals surface area contributed by atoms with Gasteiger partial charge in [0.15, 0.2) is 5.96 Å². The molecule has 0 radical (unpaired) electrons. The zero-order valence-corrected chi connectivity index (χ0v) is 17.7. The van der Waals surface area contributed by atoms with Gasteiger partial charge >= 0.3 is 0 Å². The molecule has 6 nitrogen and oxygen atoms in total. The zero-order chi connectivity index (χ0) is 19.6. The van der Waals surface area contributed by atoms with Gasteiger partial charge < -0.3 is 15.5 Å². The first kappa shape index (κ1) is 21.1. The van der Waals surface area contributed by atoms with Crippen molar-refractivity contribution in [2.75, 3.05) is 66.0 Å². The number of rotatable bonds is 7. The van der Waals surface area contributed by atoms with Crippen molar-refractivity contribution < 1.29 is 0 Å². The van der Waals surface area contributed by atoms with Crippen LogP contribution in [0.2, 0.25) is 0 Å². The minimum atomic E-state index is 0.520. The Morgan fingerprint density at radius 2 is 1.64 bits per heavy atom. The lowest BCUT2D eigenvalue weighted by atomic mass is 10.0. The minimum absolute atomic E-state index is 0.520. The quantitative estimate of drug-likeness (QED) is 0.549. The number of piperidine rings is 1. The molecule has 2 fully saturated rings. The van der Waals surface area contributed by atoms with E-state index >= 15 is 0 Å². The molecule has 2 heterocycles. The van der Waals surface area contributed by atoms with Gasteiger partial charge in [0, 0.05) is 72.0 Å². The molecule has 1 aromatic carbocycles. The van der Waals surface area contributed by atoms with Gasteiger partial charge in [-0.05, 0) is 24.9 Å². The molecular weight excluding hydrogens is 348 g/mol. The lowest BCUT2D eigenvalue weighted by Crippen LogP contribution is -2.51. The highest BCUT2D eigenvalue weighted by molar-refractivity contribution is 5.79. The summed E-state index contributed by atoms with van der Waals surface area (Å²) in [4.78, 5) is 12.1. The first-order valence-corrected chi connectivity index (χ1v) is 10.9. The van der Waals surface area contributed by atoms with Crippen molar-refractivity contribution in [2.45, 2.75) is 32.4 Å². The summed E-state index contributed by atoms with van der Waals surface area (Å²) >= 11 is 0. The molecule has 1 aromatic rings. The van der Waals surface area contributed by atoms with Crippen LogP contribution in [0, 0.1) is 0 Å². The predicted molar refractivity (Wildman–Crippen MR) is 118 cm³/mol. The number of piperazine rings is 1. The van der Waals surface area contributed by atoms with Gasteiger partial charge in [-0.2, -0.15) is 0 Å². The lowest BCUT2D eigenvalue weighted by Gasteiger charge is -2.34.